The van der Waals surface area contributed by atoms with E-state index in [2.05, 4.69) is 47.2 Å². The number of ether oxygens (including phenoxy) is 1. The lowest BCUT2D eigenvalue weighted by molar-refractivity contribution is 0.376. The summed E-state index contributed by atoms with van der Waals surface area (Å²) in [6, 6.07) is 10.5. The van der Waals surface area contributed by atoms with E-state index < -0.39 is 0 Å². The van der Waals surface area contributed by atoms with E-state index in [0.29, 0.717) is 0 Å². The molecule has 0 amide bonds. The molecule has 0 radical (unpaired) electrons. The molecule has 1 aromatic carbocycles. The van der Waals surface area contributed by atoms with Crippen LogP contribution in [0.3, 0.4) is 0 Å². The Morgan fingerprint density at radius 3 is 2.70 bits per heavy atom. The number of rotatable bonds is 6. The van der Waals surface area contributed by atoms with Crippen molar-refractivity contribution in [2.24, 2.45) is 0 Å². The summed E-state index contributed by atoms with van der Waals surface area (Å²) in [5.41, 5.74) is 1.21. The predicted octanol–water partition coefficient (Wildman–Crippen LogP) is 4.85. The highest BCUT2D eigenvalue weighted by atomic mass is 79.9. The molecule has 1 heterocycles. The topological polar surface area (TPSA) is 34.4 Å². The van der Waals surface area contributed by atoms with Crippen LogP contribution in [0.5, 0.6) is 5.75 Å². The van der Waals surface area contributed by atoms with Crippen molar-refractivity contribution in [2.75, 3.05) is 7.11 Å². The van der Waals surface area contributed by atoms with Crippen molar-refractivity contribution in [1.82, 2.24) is 5.32 Å². The molecule has 4 heteroatoms. The van der Waals surface area contributed by atoms with E-state index in [9.17, 15) is 0 Å². The SMILES string of the molecule is CCC(NC(C)c1ccc(OC)c(Br)c1)c1ccco1. The lowest BCUT2D eigenvalue weighted by atomic mass is 10.1. The third kappa shape index (κ3) is 3.44. The predicted molar refractivity (Wildman–Crippen MR) is 84.0 cm³/mol. The molecule has 0 spiro atoms. The van der Waals surface area contributed by atoms with Gasteiger partial charge in [0.05, 0.1) is 23.9 Å². The van der Waals surface area contributed by atoms with E-state index in [4.69, 9.17) is 9.15 Å². The minimum atomic E-state index is 0.223. The Labute approximate surface area is 128 Å². The van der Waals surface area contributed by atoms with Crippen LogP contribution in [-0.4, -0.2) is 7.11 Å². The number of hydrogen-bond donors (Lipinski definition) is 1. The maximum Gasteiger partial charge on any atom is 0.133 e. The molecule has 0 saturated carbocycles. The Kier molecular flexibility index (Phi) is 5.26. The molecule has 108 valence electrons. The molecular formula is C16H20BrNO2. The first-order chi connectivity index (χ1) is 9.65. The number of benzene rings is 1. The molecule has 1 aromatic heterocycles. The van der Waals surface area contributed by atoms with E-state index in [1.54, 1.807) is 13.4 Å². The van der Waals surface area contributed by atoms with Gasteiger partial charge in [-0.15, -0.1) is 0 Å². The smallest absolute Gasteiger partial charge is 0.133 e. The number of hydrogen-bond acceptors (Lipinski definition) is 3. The van der Waals surface area contributed by atoms with Gasteiger partial charge in [0.2, 0.25) is 0 Å². The zero-order valence-electron chi connectivity index (χ0n) is 12.0. The Hall–Kier alpha value is -1.26. The summed E-state index contributed by atoms with van der Waals surface area (Å²) >= 11 is 3.53. The number of methoxy groups -OCH3 is 1. The summed E-state index contributed by atoms with van der Waals surface area (Å²) < 4.78 is 11.7. The van der Waals surface area contributed by atoms with Crippen LogP contribution in [0, 0.1) is 0 Å². The first kappa shape index (κ1) is 15.1. The fraction of sp³-hybridized carbons (Fsp3) is 0.375. The summed E-state index contributed by atoms with van der Waals surface area (Å²) in [7, 11) is 1.67. The van der Waals surface area contributed by atoms with E-state index >= 15 is 0 Å². The summed E-state index contributed by atoms with van der Waals surface area (Å²) in [6.07, 6.45) is 2.70. The second-order valence-electron chi connectivity index (χ2n) is 4.76. The molecule has 0 aliphatic carbocycles. The van der Waals surface area contributed by atoms with Gasteiger partial charge in [-0.05, 0) is 59.1 Å². The van der Waals surface area contributed by atoms with E-state index in [-0.39, 0.29) is 12.1 Å². The van der Waals surface area contributed by atoms with Crippen LogP contribution >= 0.6 is 15.9 Å². The molecule has 2 rings (SSSR count). The van der Waals surface area contributed by atoms with Crippen LogP contribution in [0.4, 0.5) is 0 Å². The van der Waals surface area contributed by atoms with Gasteiger partial charge < -0.3 is 14.5 Å². The molecule has 1 N–H and O–H groups in total. The zero-order chi connectivity index (χ0) is 14.5. The van der Waals surface area contributed by atoms with Crippen molar-refractivity contribution < 1.29 is 9.15 Å². The van der Waals surface area contributed by atoms with Gasteiger partial charge in [0.1, 0.15) is 11.5 Å². The first-order valence-electron chi connectivity index (χ1n) is 6.78. The Morgan fingerprint density at radius 1 is 1.35 bits per heavy atom. The summed E-state index contributed by atoms with van der Waals surface area (Å²) in [4.78, 5) is 0. The lowest BCUT2D eigenvalue weighted by Crippen LogP contribution is -2.23. The molecule has 0 fully saturated rings. The van der Waals surface area contributed by atoms with Crippen molar-refractivity contribution in [3.63, 3.8) is 0 Å². The van der Waals surface area contributed by atoms with E-state index in [1.807, 2.05) is 18.2 Å². The zero-order valence-corrected chi connectivity index (χ0v) is 13.6. The van der Waals surface area contributed by atoms with Gasteiger partial charge in [-0.2, -0.15) is 0 Å². The maximum atomic E-state index is 5.49. The average molecular weight is 338 g/mol. The molecule has 2 aromatic rings. The quantitative estimate of drug-likeness (QED) is 0.817. The van der Waals surface area contributed by atoms with Gasteiger partial charge in [0.25, 0.3) is 0 Å². The molecule has 2 unspecified atom stereocenters. The normalized spacial score (nSPS) is 14.0. The van der Waals surface area contributed by atoms with Crippen LogP contribution in [0.15, 0.2) is 45.5 Å². The summed E-state index contributed by atoms with van der Waals surface area (Å²) in [5, 5.41) is 3.59. The van der Waals surface area contributed by atoms with Crippen LogP contribution < -0.4 is 10.1 Å². The molecule has 3 nitrogen and oxygen atoms in total. The Morgan fingerprint density at radius 2 is 2.15 bits per heavy atom. The maximum absolute atomic E-state index is 5.49. The van der Waals surface area contributed by atoms with Gasteiger partial charge in [0, 0.05) is 6.04 Å². The summed E-state index contributed by atoms with van der Waals surface area (Å²) in [6.45, 7) is 4.30. The molecule has 0 saturated heterocycles. The molecule has 2 atom stereocenters. The number of halogens is 1. The van der Waals surface area contributed by atoms with Gasteiger partial charge in [0.15, 0.2) is 0 Å². The molecule has 0 bridgehead atoms. The highest BCUT2D eigenvalue weighted by Gasteiger charge is 2.16. The monoisotopic (exact) mass is 337 g/mol. The van der Waals surface area contributed by atoms with Crippen LogP contribution in [0.1, 0.15) is 43.7 Å². The van der Waals surface area contributed by atoms with Crippen LogP contribution in [0.2, 0.25) is 0 Å². The molecular weight excluding hydrogens is 318 g/mol. The Bertz CT molecular complexity index is 539. The van der Waals surface area contributed by atoms with Crippen molar-refractivity contribution in [2.45, 2.75) is 32.4 Å². The van der Waals surface area contributed by atoms with Crippen LogP contribution in [-0.2, 0) is 0 Å². The van der Waals surface area contributed by atoms with Crippen molar-refractivity contribution >= 4 is 15.9 Å². The van der Waals surface area contributed by atoms with Gasteiger partial charge in [-0.25, -0.2) is 0 Å². The molecule has 0 aliphatic rings. The van der Waals surface area contributed by atoms with Crippen LogP contribution in [0.25, 0.3) is 0 Å². The first-order valence-corrected chi connectivity index (χ1v) is 7.57. The molecule has 20 heavy (non-hydrogen) atoms. The largest absolute Gasteiger partial charge is 0.496 e. The van der Waals surface area contributed by atoms with Crippen molar-refractivity contribution in [1.29, 1.82) is 0 Å². The Balaban J connectivity index is 2.11. The van der Waals surface area contributed by atoms with Gasteiger partial charge >= 0.3 is 0 Å². The van der Waals surface area contributed by atoms with Crippen molar-refractivity contribution in [3.05, 3.63) is 52.4 Å². The average Bonchev–Trinajstić information content (AvgIpc) is 2.98. The van der Waals surface area contributed by atoms with Crippen molar-refractivity contribution in [3.8, 4) is 5.75 Å². The number of nitrogens with one attached hydrogen (secondary N) is 1. The highest BCUT2D eigenvalue weighted by Crippen LogP contribution is 2.29. The standard InChI is InChI=1S/C16H20BrNO2/c1-4-14(16-6-5-9-20-16)18-11(2)12-7-8-15(19-3)13(17)10-12/h5-11,14,18H,4H2,1-3H3. The second-order valence-corrected chi connectivity index (χ2v) is 5.61. The van der Waals surface area contributed by atoms with E-state index in [1.165, 1.54) is 5.56 Å². The second kappa shape index (κ2) is 6.95. The highest BCUT2D eigenvalue weighted by molar-refractivity contribution is 9.10. The van der Waals surface area contributed by atoms with Gasteiger partial charge in [-0.3, -0.25) is 0 Å². The van der Waals surface area contributed by atoms with E-state index in [0.717, 1.165) is 22.4 Å². The summed E-state index contributed by atoms with van der Waals surface area (Å²) in [5.74, 6) is 1.82. The fourth-order valence-electron chi connectivity index (χ4n) is 2.24. The third-order valence-corrected chi connectivity index (χ3v) is 4.04. The van der Waals surface area contributed by atoms with Gasteiger partial charge in [-0.1, -0.05) is 13.0 Å². The molecule has 0 aliphatic heterocycles. The minimum Gasteiger partial charge on any atom is -0.496 e. The minimum absolute atomic E-state index is 0.223. The lowest BCUT2D eigenvalue weighted by Gasteiger charge is -2.21. The number of furan rings is 1. The fourth-order valence-corrected chi connectivity index (χ4v) is 2.80. The third-order valence-electron chi connectivity index (χ3n) is 3.42.